The van der Waals surface area contributed by atoms with Crippen LogP contribution in [-0.2, 0) is 10.0 Å². The highest BCUT2D eigenvalue weighted by atomic mass is 35.5. The lowest BCUT2D eigenvalue weighted by molar-refractivity contribution is 0.397. The first-order chi connectivity index (χ1) is 8.62. The van der Waals surface area contributed by atoms with Crippen LogP contribution in [0.15, 0.2) is 23.2 Å². The summed E-state index contributed by atoms with van der Waals surface area (Å²) in [4.78, 5) is 4.04. The minimum Gasteiger partial charge on any atom is -0.481 e. The van der Waals surface area contributed by atoms with E-state index in [1.165, 1.54) is 25.4 Å². The van der Waals surface area contributed by atoms with Gasteiger partial charge in [0, 0.05) is 18.7 Å². The monoisotopic (exact) mass is 307 g/mol. The van der Waals surface area contributed by atoms with Crippen LogP contribution in [-0.4, -0.2) is 39.6 Å². The molecule has 19 heavy (non-hydrogen) atoms. The number of nitrogens with zero attached hydrogens (tertiary/aromatic N) is 1. The predicted octanol–water partition coefficient (Wildman–Crippen LogP) is 0.542. The molecule has 1 saturated heterocycles. The molecule has 6 nitrogen and oxygen atoms in total. The van der Waals surface area contributed by atoms with Crippen LogP contribution in [0.4, 0.5) is 0 Å². The van der Waals surface area contributed by atoms with Gasteiger partial charge in [-0.1, -0.05) is 0 Å². The summed E-state index contributed by atoms with van der Waals surface area (Å²) in [5.41, 5.74) is 0. The zero-order valence-corrected chi connectivity index (χ0v) is 12.3. The highest BCUT2D eigenvalue weighted by molar-refractivity contribution is 7.89. The van der Waals surface area contributed by atoms with Crippen molar-refractivity contribution in [2.75, 3.05) is 20.2 Å². The summed E-state index contributed by atoms with van der Waals surface area (Å²) in [6.07, 6.45) is 3.39. The number of halogens is 1. The van der Waals surface area contributed by atoms with E-state index in [4.69, 9.17) is 4.74 Å². The summed E-state index contributed by atoms with van der Waals surface area (Å²) in [6, 6.07) is 3.24. The van der Waals surface area contributed by atoms with Crippen LogP contribution >= 0.6 is 12.4 Å². The van der Waals surface area contributed by atoms with Gasteiger partial charge in [-0.05, 0) is 25.5 Å². The molecule has 0 bridgehead atoms. The van der Waals surface area contributed by atoms with E-state index in [1.54, 1.807) is 0 Å². The van der Waals surface area contributed by atoms with E-state index < -0.39 is 10.0 Å². The van der Waals surface area contributed by atoms with Gasteiger partial charge in [0.1, 0.15) is 4.90 Å². The number of methoxy groups -OCH3 is 1. The molecule has 0 radical (unpaired) electrons. The van der Waals surface area contributed by atoms with Gasteiger partial charge >= 0.3 is 0 Å². The standard InChI is InChI=1S/C11H17N3O3S.ClH/c1-17-11-5-4-10(8-13-11)18(15,16)14-7-9-3-2-6-12-9;/h4-5,8-9,12,14H,2-3,6-7H2,1H3;1H. The summed E-state index contributed by atoms with van der Waals surface area (Å²) >= 11 is 0. The van der Waals surface area contributed by atoms with Crippen molar-refractivity contribution >= 4 is 22.4 Å². The Hall–Kier alpha value is -0.890. The number of rotatable bonds is 5. The van der Waals surface area contributed by atoms with Gasteiger partial charge < -0.3 is 10.1 Å². The molecule has 8 heteroatoms. The quantitative estimate of drug-likeness (QED) is 0.830. The van der Waals surface area contributed by atoms with Crippen LogP contribution in [0.1, 0.15) is 12.8 Å². The Kier molecular flexibility index (Phi) is 5.99. The first-order valence-corrected chi connectivity index (χ1v) is 7.33. The minimum atomic E-state index is -3.48. The van der Waals surface area contributed by atoms with E-state index >= 15 is 0 Å². The number of ether oxygens (including phenoxy) is 1. The number of sulfonamides is 1. The van der Waals surface area contributed by atoms with Crippen molar-refractivity contribution in [3.63, 3.8) is 0 Å². The maximum Gasteiger partial charge on any atom is 0.242 e. The molecule has 1 aromatic heterocycles. The summed E-state index contributed by atoms with van der Waals surface area (Å²) in [5.74, 6) is 0.395. The van der Waals surface area contributed by atoms with E-state index in [-0.39, 0.29) is 23.3 Å². The average Bonchev–Trinajstić information content (AvgIpc) is 2.90. The largest absolute Gasteiger partial charge is 0.481 e. The van der Waals surface area contributed by atoms with Crippen LogP contribution in [0.3, 0.4) is 0 Å². The molecule has 1 unspecified atom stereocenters. The van der Waals surface area contributed by atoms with Crippen molar-refractivity contribution in [3.8, 4) is 5.88 Å². The molecule has 2 rings (SSSR count). The molecule has 0 saturated carbocycles. The predicted molar refractivity (Wildman–Crippen MR) is 74.3 cm³/mol. The van der Waals surface area contributed by atoms with Gasteiger partial charge in [-0.25, -0.2) is 18.1 Å². The molecule has 1 aliphatic rings. The molecule has 2 heterocycles. The molecule has 0 aromatic carbocycles. The van der Waals surface area contributed by atoms with Crippen molar-refractivity contribution in [1.29, 1.82) is 0 Å². The van der Waals surface area contributed by atoms with E-state index in [0.717, 1.165) is 19.4 Å². The molecule has 0 amide bonds. The Balaban J connectivity index is 0.00000180. The second-order valence-electron chi connectivity index (χ2n) is 4.18. The zero-order chi connectivity index (χ0) is 13.0. The van der Waals surface area contributed by atoms with Crippen molar-refractivity contribution < 1.29 is 13.2 Å². The first-order valence-electron chi connectivity index (χ1n) is 5.85. The fourth-order valence-corrected chi connectivity index (χ4v) is 2.90. The van der Waals surface area contributed by atoms with E-state index in [1.807, 2.05) is 0 Å². The maximum absolute atomic E-state index is 12.0. The molecule has 1 aliphatic heterocycles. The number of nitrogens with one attached hydrogen (secondary N) is 2. The molecule has 108 valence electrons. The molecule has 1 aromatic rings. The fraction of sp³-hybridized carbons (Fsp3) is 0.545. The van der Waals surface area contributed by atoms with Crippen LogP contribution in [0.2, 0.25) is 0 Å². The summed E-state index contributed by atoms with van der Waals surface area (Å²) in [6.45, 7) is 1.37. The first kappa shape index (κ1) is 16.2. The SMILES string of the molecule is COc1ccc(S(=O)(=O)NCC2CCCN2)cn1.Cl. The Morgan fingerprint density at radius 2 is 2.32 bits per heavy atom. The Morgan fingerprint density at radius 1 is 1.53 bits per heavy atom. The van der Waals surface area contributed by atoms with Crippen LogP contribution in [0.25, 0.3) is 0 Å². The number of hydrogen-bond donors (Lipinski definition) is 2. The van der Waals surface area contributed by atoms with E-state index in [2.05, 4.69) is 15.0 Å². The van der Waals surface area contributed by atoms with E-state index in [9.17, 15) is 8.42 Å². The Morgan fingerprint density at radius 3 is 2.84 bits per heavy atom. The Labute approximate surface area is 119 Å². The molecule has 1 fully saturated rings. The second kappa shape index (κ2) is 7.04. The number of aromatic nitrogens is 1. The van der Waals surface area contributed by atoms with Gasteiger partial charge in [0.05, 0.1) is 13.3 Å². The van der Waals surface area contributed by atoms with Gasteiger partial charge in [0.15, 0.2) is 0 Å². The van der Waals surface area contributed by atoms with Gasteiger partial charge in [-0.3, -0.25) is 0 Å². The van der Waals surface area contributed by atoms with Crippen molar-refractivity contribution in [2.24, 2.45) is 0 Å². The lowest BCUT2D eigenvalue weighted by atomic mass is 10.2. The summed E-state index contributed by atoms with van der Waals surface area (Å²) in [5, 5.41) is 3.24. The third kappa shape index (κ3) is 4.31. The molecular formula is C11H18ClN3O3S. The topological polar surface area (TPSA) is 80.3 Å². The maximum atomic E-state index is 12.0. The van der Waals surface area contributed by atoms with Crippen LogP contribution in [0, 0.1) is 0 Å². The lowest BCUT2D eigenvalue weighted by Crippen LogP contribution is -2.37. The summed E-state index contributed by atoms with van der Waals surface area (Å²) in [7, 11) is -1.99. The second-order valence-corrected chi connectivity index (χ2v) is 5.95. The average molecular weight is 308 g/mol. The number of pyridine rings is 1. The molecule has 2 N–H and O–H groups in total. The van der Waals surface area contributed by atoms with Crippen molar-refractivity contribution in [2.45, 2.75) is 23.8 Å². The lowest BCUT2D eigenvalue weighted by Gasteiger charge is -2.11. The smallest absolute Gasteiger partial charge is 0.242 e. The molecular weight excluding hydrogens is 290 g/mol. The van der Waals surface area contributed by atoms with Gasteiger partial charge in [-0.15, -0.1) is 12.4 Å². The van der Waals surface area contributed by atoms with Gasteiger partial charge in [-0.2, -0.15) is 0 Å². The molecule has 0 aliphatic carbocycles. The highest BCUT2D eigenvalue weighted by Crippen LogP contribution is 2.12. The third-order valence-electron chi connectivity index (χ3n) is 2.91. The van der Waals surface area contributed by atoms with Crippen molar-refractivity contribution in [1.82, 2.24) is 15.0 Å². The normalized spacial score (nSPS) is 18.9. The molecule has 0 spiro atoms. The van der Waals surface area contributed by atoms with Crippen molar-refractivity contribution in [3.05, 3.63) is 18.3 Å². The van der Waals surface area contributed by atoms with Crippen LogP contribution in [0.5, 0.6) is 5.88 Å². The molecule has 1 atom stereocenters. The van der Waals surface area contributed by atoms with Gasteiger partial charge in [0.25, 0.3) is 0 Å². The van der Waals surface area contributed by atoms with E-state index in [0.29, 0.717) is 12.4 Å². The minimum absolute atomic E-state index is 0. The number of hydrogen-bond acceptors (Lipinski definition) is 5. The Bertz CT molecular complexity index is 486. The highest BCUT2D eigenvalue weighted by Gasteiger charge is 2.19. The third-order valence-corrected chi connectivity index (χ3v) is 4.32. The zero-order valence-electron chi connectivity index (χ0n) is 10.6. The van der Waals surface area contributed by atoms with Gasteiger partial charge in [0.2, 0.25) is 15.9 Å². The fourth-order valence-electron chi connectivity index (χ4n) is 1.87. The summed E-state index contributed by atoms with van der Waals surface area (Å²) < 4.78 is 31.4. The van der Waals surface area contributed by atoms with Crippen LogP contribution < -0.4 is 14.8 Å².